The van der Waals surface area contributed by atoms with Gasteiger partial charge in [-0.25, -0.2) is 13.2 Å². The number of sulfone groups is 1. The Balaban J connectivity index is 1.54. The predicted octanol–water partition coefficient (Wildman–Crippen LogP) is 3.38. The first-order valence-electron chi connectivity index (χ1n) is 17.2. The lowest BCUT2D eigenvalue weighted by Gasteiger charge is -2.41. The number of hydrogen-bond acceptors (Lipinski definition) is 7. The van der Waals surface area contributed by atoms with Crippen LogP contribution in [0.25, 0.3) is 0 Å². The Morgan fingerprint density at radius 1 is 0.938 bits per heavy atom. The molecular weight excluding hydrogens is 681 g/mol. The number of likely N-dealkylation sites (tertiary alicyclic amines) is 1. The summed E-state index contributed by atoms with van der Waals surface area (Å²) in [6.45, 7) is 12.2. The van der Waals surface area contributed by atoms with Crippen LogP contribution >= 0.6 is 23.2 Å². The summed E-state index contributed by atoms with van der Waals surface area (Å²) >= 11 is 13.1. The molecule has 0 aromatic heterocycles. The lowest BCUT2D eigenvalue weighted by atomic mass is 9.83. The molecule has 0 unspecified atom stereocenters. The van der Waals surface area contributed by atoms with Crippen LogP contribution in [0.4, 0.5) is 4.79 Å². The van der Waals surface area contributed by atoms with Gasteiger partial charge in [-0.05, 0) is 58.3 Å². The minimum absolute atomic E-state index is 0.0300. The maximum atomic E-state index is 14.3. The smallest absolute Gasteiger partial charge is 0.315 e. The van der Waals surface area contributed by atoms with Crippen molar-refractivity contribution in [2.45, 2.75) is 145 Å². The number of alkyl halides is 2. The molecule has 12 nitrogen and oxygen atoms in total. The number of piperidine rings is 1. The van der Waals surface area contributed by atoms with Gasteiger partial charge in [-0.2, -0.15) is 0 Å². The molecule has 4 N–H and O–H groups in total. The highest BCUT2D eigenvalue weighted by atomic mass is 35.5. The van der Waals surface area contributed by atoms with Crippen LogP contribution < -0.4 is 21.3 Å². The number of amides is 5. The van der Waals surface area contributed by atoms with Crippen LogP contribution in [0.1, 0.15) is 106 Å². The summed E-state index contributed by atoms with van der Waals surface area (Å²) in [6.07, 6.45) is 5.79. The zero-order valence-electron chi connectivity index (χ0n) is 29.2. The monoisotopic (exact) mass is 733 g/mol. The van der Waals surface area contributed by atoms with Gasteiger partial charge in [0.05, 0.1) is 22.1 Å². The van der Waals surface area contributed by atoms with Gasteiger partial charge in [-0.1, -0.05) is 53.4 Å². The number of hydrogen-bond donors (Lipinski definition) is 4. The molecule has 4 fully saturated rings. The molecule has 1 aliphatic heterocycles. The summed E-state index contributed by atoms with van der Waals surface area (Å²) in [5.41, 5.74) is -1.80. The molecule has 0 aromatic carbocycles. The van der Waals surface area contributed by atoms with E-state index >= 15 is 0 Å². The van der Waals surface area contributed by atoms with Crippen molar-refractivity contribution in [3.8, 4) is 0 Å². The minimum Gasteiger partial charge on any atom is -0.347 e. The summed E-state index contributed by atoms with van der Waals surface area (Å²) in [7, 11) is -3.58. The van der Waals surface area contributed by atoms with Gasteiger partial charge in [0.25, 0.3) is 5.91 Å². The Labute approximate surface area is 294 Å². The molecule has 0 aromatic rings. The summed E-state index contributed by atoms with van der Waals surface area (Å²) in [4.78, 5) is 68.8. The van der Waals surface area contributed by atoms with Crippen LogP contribution in [0.5, 0.6) is 0 Å². The van der Waals surface area contributed by atoms with Crippen molar-refractivity contribution < 1.29 is 32.4 Å². The summed E-state index contributed by atoms with van der Waals surface area (Å²) < 4.78 is 24.3. The Morgan fingerprint density at radius 3 is 2.06 bits per heavy atom. The molecule has 1 heterocycles. The summed E-state index contributed by atoms with van der Waals surface area (Å²) in [5, 5.41) is 11.2. The zero-order valence-corrected chi connectivity index (χ0v) is 31.5. The van der Waals surface area contributed by atoms with Gasteiger partial charge >= 0.3 is 6.03 Å². The average molecular weight is 735 g/mol. The highest BCUT2D eigenvalue weighted by Crippen LogP contribution is 2.65. The number of ketones is 1. The van der Waals surface area contributed by atoms with Crippen LogP contribution in [0.15, 0.2) is 0 Å². The first-order valence-corrected chi connectivity index (χ1v) is 19.6. The van der Waals surface area contributed by atoms with Crippen LogP contribution in [-0.2, 0) is 29.0 Å². The second-order valence-corrected chi connectivity index (χ2v) is 20.5. The van der Waals surface area contributed by atoms with E-state index in [1.165, 1.54) is 4.90 Å². The number of nitrogens with one attached hydrogen (secondary N) is 4. The predicted molar refractivity (Wildman–Crippen MR) is 184 cm³/mol. The van der Waals surface area contributed by atoms with Crippen molar-refractivity contribution in [2.24, 2.45) is 17.3 Å². The van der Waals surface area contributed by atoms with E-state index in [0.717, 1.165) is 32.1 Å². The van der Waals surface area contributed by atoms with Gasteiger partial charge in [0.15, 0.2) is 9.84 Å². The number of fused-ring (bicyclic) bond motifs is 1. The standard InChI is InChI=1S/C33H53Cl2N5O7S/c1-8-12-21(24(41)27(43)36-19-13-14-19)37-26(42)23-22-20(33(22,34)35)17-40(23)28(44)25(30(2,3)4)38-29(45)39-32(15-10-9-11-16-32)18-48(46,47)31(5,6)7/h19-23,25H,8-18H2,1-7H3,(H,36,43)(H,37,42)(H2,38,39,45)/t20-,21-,22-,23-,25+/m0/s1. The zero-order chi connectivity index (χ0) is 36.0. The highest BCUT2D eigenvalue weighted by molar-refractivity contribution is 7.92. The van der Waals surface area contributed by atoms with Gasteiger partial charge < -0.3 is 26.2 Å². The molecular formula is C33H53Cl2N5O7S. The van der Waals surface area contributed by atoms with Crippen molar-refractivity contribution in [1.29, 1.82) is 0 Å². The molecule has 3 aliphatic carbocycles. The first kappa shape index (κ1) is 38.7. The third kappa shape index (κ3) is 8.42. The molecule has 272 valence electrons. The van der Waals surface area contributed by atoms with E-state index in [-0.39, 0.29) is 24.8 Å². The number of carbonyl (C=O) groups excluding carboxylic acids is 5. The molecule has 1 saturated heterocycles. The largest absolute Gasteiger partial charge is 0.347 e. The van der Waals surface area contributed by atoms with Crippen molar-refractivity contribution in [2.75, 3.05) is 12.3 Å². The molecule has 0 bridgehead atoms. The summed E-state index contributed by atoms with van der Waals surface area (Å²) in [5.74, 6) is -3.90. The number of urea groups is 1. The van der Waals surface area contributed by atoms with Crippen molar-refractivity contribution in [1.82, 2.24) is 26.2 Å². The highest BCUT2D eigenvalue weighted by Gasteiger charge is 2.74. The number of halogens is 2. The molecule has 15 heteroatoms. The van der Waals surface area contributed by atoms with Crippen LogP contribution in [0.3, 0.4) is 0 Å². The lowest BCUT2D eigenvalue weighted by molar-refractivity contribution is -0.144. The number of nitrogens with zero attached hydrogens (tertiary/aromatic N) is 1. The molecule has 48 heavy (non-hydrogen) atoms. The van der Waals surface area contributed by atoms with Crippen molar-refractivity contribution in [3.63, 3.8) is 0 Å². The molecule has 0 radical (unpaired) electrons. The first-order chi connectivity index (χ1) is 22.0. The number of carbonyl (C=O) groups is 5. The second-order valence-electron chi connectivity index (χ2n) is 16.3. The van der Waals surface area contributed by atoms with E-state index in [2.05, 4.69) is 21.3 Å². The fourth-order valence-corrected chi connectivity index (χ4v) is 9.27. The average Bonchev–Trinajstić information content (AvgIpc) is 3.81. The van der Waals surface area contributed by atoms with Crippen LogP contribution in [0.2, 0.25) is 0 Å². The van der Waals surface area contributed by atoms with Crippen LogP contribution in [0, 0.1) is 17.3 Å². The van der Waals surface area contributed by atoms with Crippen molar-refractivity contribution >= 4 is 62.6 Å². The molecule has 5 amide bonds. The molecule has 3 saturated carbocycles. The van der Waals surface area contributed by atoms with E-state index in [4.69, 9.17) is 23.2 Å². The Bertz CT molecular complexity index is 1400. The third-order valence-corrected chi connectivity index (χ3v) is 14.1. The fraction of sp³-hybridized carbons (Fsp3) is 0.848. The van der Waals surface area contributed by atoms with E-state index < -0.39 is 89.4 Å². The Morgan fingerprint density at radius 2 is 1.54 bits per heavy atom. The van der Waals surface area contributed by atoms with Gasteiger partial charge in [0.1, 0.15) is 16.4 Å². The van der Waals surface area contributed by atoms with Crippen molar-refractivity contribution in [3.05, 3.63) is 0 Å². The second kappa shape index (κ2) is 13.9. The van der Waals surface area contributed by atoms with Gasteiger partial charge in [0.2, 0.25) is 17.6 Å². The normalized spacial score (nSPS) is 26.0. The molecule has 5 atom stereocenters. The Hall–Kier alpha value is -2.12. The van der Waals surface area contributed by atoms with E-state index in [0.29, 0.717) is 19.3 Å². The maximum Gasteiger partial charge on any atom is 0.315 e. The topological polar surface area (TPSA) is 171 Å². The Kier molecular flexibility index (Phi) is 11.2. The molecule has 4 aliphatic rings. The lowest BCUT2D eigenvalue weighted by Crippen LogP contribution is -2.64. The molecule has 0 spiro atoms. The third-order valence-electron chi connectivity index (χ3n) is 10.2. The summed E-state index contributed by atoms with van der Waals surface area (Å²) in [6, 6.07) is -4.03. The van der Waals surface area contributed by atoms with Gasteiger partial charge in [-0.15, -0.1) is 23.2 Å². The maximum absolute atomic E-state index is 14.3. The van der Waals surface area contributed by atoms with E-state index in [9.17, 15) is 32.4 Å². The van der Waals surface area contributed by atoms with E-state index in [1.54, 1.807) is 41.5 Å². The van der Waals surface area contributed by atoms with E-state index in [1.807, 2.05) is 6.92 Å². The SMILES string of the molecule is CCC[C@H](NC(=O)[C@@H]1[C@@H]2[C@H](CN1C(=O)[C@@H](NC(=O)NC1(CS(=O)(=O)C(C)(C)C)CCCCC1)C(C)(C)C)C2(Cl)Cl)C(=O)C(=O)NC1CC1. The fourth-order valence-electron chi connectivity index (χ4n) is 6.93. The number of Topliss-reactive ketones (excluding diaryl/α,β-unsaturated/α-hetero) is 1. The minimum atomic E-state index is -3.58. The van der Waals surface area contributed by atoms with Crippen LogP contribution in [-0.4, -0.2) is 93.9 Å². The number of rotatable bonds is 12. The van der Waals surface area contributed by atoms with Gasteiger partial charge in [-0.3, -0.25) is 19.2 Å². The quantitative estimate of drug-likeness (QED) is 0.176. The van der Waals surface area contributed by atoms with Gasteiger partial charge in [0, 0.05) is 24.4 Å². The molecule has 4 rings (SSSR count).